The summed E-state index contributed by atoms with van der Waals surface area (Å²) in [6, 6.07) is 35.6. The molecule has 0 amide bonds. The lowest BCUT2D eigenvalue weighted by atomic mass is 10.1. The van der Waals surface area contributed by atoms with Crippen molar-refractivity contribution in [2.75, 3.05) is 11.5 Å². The molecule has 0 atom stereocenters. The Labute approximate surface area is 234 Å². The molecule has 0 aliphatic rings. The normalized spacial score (nSPS) is 10.6. The van der Waals surface area contributed by atoms with Crippen LogP contribution in [0.3, 0.4) is 0 Å². The van der Waals surface area contributed by atoms with Crippen LogP contribution < -0.4 is 30.4 Å². The lowest BCUT2D eigenvalue weighted by Crippen LogP contribution is -1.97. The molecule has 5 aromatic carbocycles. The minimum Gasteiger partial charge on any atom is -0.457 e. The van der Waals surface area contributed by atoms with Crippen LogP contribution in [-0.4, -0.2) is 0 Å². The monoisotopic (exact) mass is 532 g/mol. The number of hydrogen-bond donors (Lipinski definition) is 2. The molecule has 5 aromatic rings. The van der Waals surface area contributed by atoms with Crippen LogP contribution in [0, 0.1) is 0 Å². The quantitative estimate of drug-likeness (QED) is 0.165. The fourth-order valence-electron chi connectivity index (χ4n) is 4.11. The zero-order valence-electron chi connectivity index (χ0n) is 22.4. The molecule has 6 heteroatoms. The number of hydrogen-bond acceptors (Lipinski definition) is 6. The number of aryl methyl sites for hydroxylation is 1. The van der Waals surface area contributed by atoms with Crippen LogP contribution in [-0.2, 0) is 6.42 Å². The Morgan fingerprint density at radius 1 is 0.500 bits per heavy atom. The van der Waals surface area contributed by atoms with E-state index in [1.165, 1.54) is 0 Å². The Morgan fingerprint density at radius 3 is 1.50 bits per heavy atom. The van der Waals surface area contributed by atoms with Crippen LogP contribution in [0.2, 0.25) is 0 Å². The van der Waals surface area contributed by atoms with Crippen LogP contribution in [0.5, 0.6) is 46.0 Å². The smallest absolute Gasteiger partial charge is 0.173 e. The van der Waals surface area contributed by atoms with Gasteiger partial charge in [0.2, 0.25) is 0 Å². The molecule has 0 bridgehead atoms. The molecule has 0 heterocycles. The van der Waals surface area contributed by atoms with E-state index in [0.29, 0.717) is 57.4 Å². The molecule has 0 aliphatic heterocycles. The molecule has 0 aliphatic carbocycles. The van der Waals surface area contributed by atoms with E-state index in [1.807, 2.05) is 84.9 Å². The minimum absolute atomic E-state index is 0.614. The van der Waals surface area contributed by atoms with E-state index < -0.39 is 0 Å². The molecular weight excluding hydrogens is 500 g/mol. The number of benzene rings is 5. The Bertz CT molecular complexity index is 1550. The fraction of sp³-hybridized carbons (Fsp3) is 0.118. The first-order chi connectivity index (χ1) is 19.6. The van der Waals surface area contributed by atoms with Crippen LogP contribution >= 0.6 is 0 Å². The summed E-state index contributed by atoms with van der Waals surface area (Å²) in [6.07, 6.45) is 2.97. The topological polar surface area (TPSA) is 89.0 Å². The first-order valence-electron chi connectivity index (χ1n) is 13.3. The second kappa shape index (κ2) is 12.6. The zero-order chi connectivity index (χ0) is 27.7. The highest BCUT2D eigenvalue weighted by molar-refractivity contribution is 5.52. The summed E-state index contributed by atoms with van der Waals surface area (Å²) in [7, 11) is 0. The highest BCUT2D eigenvalue weighted by atomic mass is 16.5. The first kappa shape index (κ1) is 26.5. The standard InChI is InChI=1S/C34H32N2O4/c1-2-3-7-24-8-4-13-33(39-31-11-5-9-29(22-31)37-27-18-14-25(35)15-19-27)34(24)40-32-12-6-10-30(23-32)38-28-20-16-26(36)17-21-28/h4-6,8-23H,2-3,7,35-36H2,1H3. The molecule has 0 radical (unpaired) electrons. The van der Waals surface area contributed by atoms with Crippen molar-refractivity contribution < 1.29 is 18.9 Å². The molecule has 0 unspecified atom stereocenters. The number of anilines is 2. The van der Waals surface area contributed by atoms with Crippen molar-refractivity contribution in [2.24, 2.45) is 0 Å². The highest BCUT2D eigenvalue weighted by Gasteiger charge is 2.15. The Morgan fingerprint density at radius 2 is 0.975 bits per heavy atom. The summed E-state index contributed by atoms with van der Waals surface area (Å²) >= 11 is 0. The Kier molecular flexibility index (Phi) is 8.37. The Hall–Kier alpha value is -5.10. The summed E-state index contributed by atoms with van der Waals surface area (Å²) in [4.78, 5) is 0. The largest absolute Gasteiger partial charge is 0.457 e. The van der Waals surface area contributed by atoms with Crippen LogP contribution in [0.25, 0.3) is 0 Å². The molecule has 40 heavy (non-hydrogen) atoms. The number of unbranched alkanes of at least 4 members (excludes halogenated alkanes) is 1. The third-order valence-corrected chi connectivity index (χ3v) is 6.15. The number of ether oxygens (including phenoxy) is 4. The number of rotatable bonds is 11. The summed E-state index contributed by atoms with van der Waals surface area (Å²) < 4.78 is 24.9. The van der Waals surface area contributed by atoms with Crippen molar-refractivity contribution in [3.05, 3.63) is 121 Å². The maximum Gasteiger partial charge on any atom is 0.173 e. The van der Waals surface area contributed by atoms with E-state index in [1.54, 1.807) is 24.3 Å². The Balaban J connectivity index is 1.39. The van der Waals surface area contributed by atoms with E-state index in [-0.39, 0.29) is 0 Å². The van der Waals surface area contributed by atoms with E-state index in [0.717, 1.165) is 24.8 Å². The lowest BCUT2D eigenvalue weighted by Gasteiger charge is -2.17. The average Bonchev–Trinajstić information content (AvgIpc) is 2.96. The molecule has 0 spiro atoms. The maximum absolute atomic E-state index is 6.48. The van der Waals surface area contributed by atoms with Crippen molar-refractivity contribution in [3.63, 3.8) is 0 Å². The summed E-state index contributed by atoms with van der Waals surface area (Å²) in [5.74, 6) is 5.25. The van der Waals surface area contributed by atoms with Crippen molar-refractivity contribution in [3.8, 4) is 46.0 Å². The van der Waals surface area contributed by atoms with Gasteiger partial charge in [0.25, 0.3) is 0 Å². The van der Waals surface area contributed by atoms with E-state index in [2.05, 4.69) is 13.0 Å². The van der Waals surface area contributed by atoms with Crippen LogP contribution in [0.4, 0.5) is 11.4 Å². The van der Waals surface area contributed by atoms with Crippen molar-refractivity contribution in [1.82, 2.24) is 0 Å². The van der Waals surface area contributed by atoms with Gasteiger partial charge in [-0.15, -0.1) is 0 Å². The minimum atomic E-state index is 0.614. The van der Waals surface area contributed by atoms with Gasteiger partial charge in [-0.2, -0.15) is 0 Å². The van der Waals surface area contributed by atoms with Crippen molar-refractivity contribution >= 4 is 11.4 Å². The maximum atomic E-state index is 6.48. The molecule has 0 saturated heterocycles. The lowest BCUT2D eigenvalue weighted by molar-refractivity contribution is 0.408. The fourth-order valence-corrected chi connectivity index (χ4v) is 4.11. The van der Waals surface area contributed by atoms with Gasteiger partial charge in [0.1, 0.15) is 34.5 Å². The first-order valence-corrected chi connectivity index (χ1v) is 13.3. The van der Waals surface area contributed by atoms with Crippen LogP contribution in [0.1, 0.15) is 25.3 Å². The summed E-state index contributed by atoms with van der Waals surface area (Å²) in [6.45, 7) is 2.17. The summed E-state index contributed by atoms with van der Waals surface area (Å²) in [5.41, 5.74) is 14.0. The second-order valence-electron chi connectivity index (χ2n) is 9.34. The molecule has 6 nitrogen and oxygen atoms in total. The van der Waals surface area contributed by atoms with Crippen LogP contribution in [0.15, 0.2) is 115 Å². The summed E-state index contributed by atoms with van der Waals surface area (Å²) in [5, 5.41) is 0. The third-order valence-electron chi connectivity index (χ3n) is 6.15. The van der Waals surface area contributed by atoms with Gasteiger partial charge in [0.05, 0.1) is 0 Å². The molecule has 5 rings (SSSR count). The SMILES string of the molecule is CCCCc1cccc(Oc2cccc(Oc3ccc(N)cc3)c2)c1Oc1cccc(Oc2ccc(N)cc2)c1. The second-order valence-corrected chi connectivity index (χ2v) is 9.34. The zero-order valence-corrected chi connectivity index (χ0v) is 22.4. The van der Waals surface area contributed by atoms with E-state index in [9.17, 15) is 0 Å². The number of nitrogen functional groups attached to an aromatic ring is 2. The molecule has 0 aromatic heterocycles. The predicted molar refractivity (Wildman–Crippen MR) is 160 cm³/mol. The molecular formula is C34H32N2O4. The highest BCUT2D eigenvalue weighted by Crippen LogP contribution is 2.40. The van der Waals surface area contributed by atoms with Gasteiger partial charge in [0.15, 0.2) is 11.5 Å². The van der Waals surface area contributed by atoms with Gasteiger partial charge in [-0.3, -0.25) is 0 Å². The number of para-hydroxylation sites is 1. The third kappa shape index (κ3) is 7.05. The van der Waals surface area contributed by atoms with Crippen molar-refractivity contribution in [2.45, 2.75) is 26.2 Å². The average molecular weight is 533 g/mol. The van der Waals surface area contributed by atoms with Gasteiger partial charge in [-0.1, -0.05) is 37.6 Å². The molecule has 4 N–H and O–H groups in total. The van der Waals surface area contributed by atoms with E-state index in [4.69, 9.17) is 30.4 Å². The van der Waals surface area contributed by atoms with Gasteiger partial charge >= 0.3 is 0 Å². The van der Waals surface area contributed by atoms with E-state index >= 15 is 0 Å². The predicted octanol–water partition coefficient (Wildman–Crippen LogP) is 9.36. The van der Waals surface area contributed by atoms with Gasteiger partial charge < -0.3 is 30.4 Å². The molecule has 0 saturated carbocycles. The number of nitrogens with two attached hydrogens (primary N) is 2. The van der Waals surface area contributed by atoms with Crippen molar-refractivity contribution in [1.29, 1.82) is 0 Å². The molecule has 202 valence electrons. The van der Waals surface area contributed by atoms with Gasteiger partial charge in [-0.05, 0) is 97.3 Å². The van der Waals surface area contributed by atoms with Gasteiger partial charge in [-0.25, -0.2) is 0 Å². The van der Waals surface area contributed by atoms with Gasteiger partial charge in [0, 0.05) is 23.5 Å². The molecule has 0 fully saturated rings.